The molecule has 2 aromatic rings. The molecule has 0 radical (unpaired) electrons. The topological polar surface area (TPSA) is 62.8 Å². The molecule has 24 heavy (non-hydrogen) atoms. The molecule has 0 spiro atoms. The van der Waals surface area contributed by atoms with Crippen molar-refractivity contribution >= 4 is 35.3 Å². The number of carbonyl (C=O) groups is 2. The second-order valence-corrected chi connectivity index (χ2v) is 6.60. The zero-order valence-electron chi connectivity index (χ0n) is 13.7. The van der Waals surface area contributed by atoms with Crippen LogP contribution in [-0.4, -0.2) is 22.0 Å². The van der Waals surface area contributed by atoms with Crippen LogP contribution in [0.1, 0.15) is 65.6 Å². The van der Waals surface area contributed by atoms with Gasteiger partial charge in [-0.05, 0) is 30.5 Å². The Balaban J connectivity index is 2.23. The number of carbonyl (C=O) groups excluding carboxylic acids is 2. The van der Waals surface area contributed by atoms with Gasteiger partial charge in [0.05, 0.1) is 17.0 Å². The molecule has 0 saturated heterocycles. The number of H-pyrrole nitrogens is 1. The van der Waals surface area contributed by atoms with E-state index >= 15 is 0 Å². The Kier molecular flexibility index (Phi) is 6.58. The monoisotopic (exact) mass is 366 g/mol. The van der Waals surface area contributed by atoms with Gasteiger partial charge in [0.25, 0.3) is 0 Å². The summed E-state index contributed by atoms with van der Waals surface area (Å²) in [7, 11) is 0. The van der Waals surface area contributed by atoms with Crippen LogP contribution in [0.5, 0.6) is 0 Å². The molecule has 0 aliphatic rings. The van der Waals surface area contributed by atoms with Crippen molar-refractivity contribution in [1.82, 2.24) is 9.97 Å². The number of aromatic nitrogens is 2. The van der Waals surface area contributed by atoms with Crippen LogP contribution in [0.2, 0.25) is 10.0 Å². The lowest BCUT2D eigenvalue weighted by Crippen LogP contribution is -2.18. The highest BCUT2D eigenvalue weighted by Crippen LogP contribution is 2.34. The molecule has 2 rings (SSSR count). The first-order valence-corrected chi connectivity index (χ1v) is 8.74. The van der Waals surface area contributed by atoms with E-state index in [0.29, 0.717) is 27.7 Å². The van der Waals surface area contributed by atoms with E-state index in [2.05, 4.69) is 9.97 Å². The van der Waals surface area contributed by atoms with E-state index in [-0.39, 0.29) is 17.6 Å². The third-order valence-corrected chi connectivity index (χ3v) is 4.93. The molecule has 0 aliphatic carbocycles. The molecule has 0 bridgehead atoms. The molecule has 1 aromatic carbocycles. The largest absolute Gasteiger partial charge is 0.342 e. The Hall–Kier alpha value is -1.65. The van der Waals surface area contributed by atoms with Gasteiger partial charge < -0.3 is 4.98 Å². The number of aromatic amines is 1. The maximum Gasteiger partial charge on any atom is 0.168 e. The Morgan fingerprint density at radius 2 is 2.04 bits per heavy atom. The van der Waals surface area contributed by atoms with Crippen molar-refractivity contribution in [1.29, 1.82) is 0 Å². The van der Waals surface area contributed by atoms with E-state index in [1.165, 1.54) is 6.33 Å². The lowest BCUT2D eigenvalue weighted by atomic mass is 9.80. The van der Waals surface area contributed by atoms with Crippen LogP contribution in [0.4, 0.5) is 0 Å². The molecule has 2 unspecified atom stereocenters. The Labute approximate surface area is 151 Å². The van der Waals surface area contributed by atoms with Gasteiger partial charge in [0.1, 0.15) is 5.69 Å². The van der Waals surface area contributed by atoms with Crippen molar-refractivity contribution in [2.75, 3.05) is 0 Å². The molecule has 4 nitrogen and oxygen atoms in total. The first-order chi connectivity index (χ1) is 11.5. The third-order valence-electron chi connectivity index (χ3n) is 4.38. The predicted octanol–water partition coefficient (Wildman–Crippen LogP) is 5.32. The fraction of sp³-hybridized carbons (Fsp3) is 0.389. The van der Waals surface area contributed by atoms with Crippen LogP contribution in [0.15, 0.2) is 24.5 Å². The summed E-state index contributed by atoms with van der Waals surface area (Å²) >= 11 is 12.0. The van der Waals surface area contributed by atoms with Gasteiger partial charge in [-0.3, -0.25) is 9.59 Å². The number of aldehydes is 1. The minimum absolute atomic E-state index is 0.0230. The summed E-state index contributed by atoms with van der Waals surface area (Å²) in [6.45, 7) is 4.08. The van der Waals surface area contributed by atoms with Gasteiger partial charge in [0.2, 0.25) is 0 Å². The van der Waals surface area contributed by atoms with E-state index in [1.807, 2.05) is 13.8 Å². The molecule has 128 valence electrons. The number of hydrogen-bond donors (Lipinski definition) is 1. The van der Waals surface area contributed by atoms with Gasteiger partial charge in [0.15, 0.2) is 12.1 Å². The van der Waals surface area contributed by atoms with Gasteiger partial charge in [-0.2, -0.15) is 0 Å². The summed E-state index contributed by atoms with van der Waals surface area (Å²) in [5, 5.41) is 0.867. The zero-order valence-corrected chi connectivity index (χ0v) is 15.2. The van der Waals surface area contributed by atoms with Gasteiger partial charge in [0, 0.05) is 22.9 Å². The number of nitrogens with one attached hydrogen (secondary N) is 1. The van der Waals surface area contributed by atoms with E-state index in [1.54, 1.807) is 18.2 Å². The molecule has 0 saturated carbocycles. The van der Waals surface area contributed by atoms with Crippen LogP contribution in [-0.2, 0) is 0 Å². The average Bonchev–Trinajstić information content (AvgIpc) is 3.02. The molecule has 0 amide bonds. The quantitative estimate of drug-likeness (QED) is 0.507. The number of hydrogen-bond acceptors (Lipinski definition) is 3. The lowest BCUT2D eigenvalue weighted by molar-refractivity contribution is 0.0951. The number of ketones is 1. The zero-order chi connectivity index (χ0) is 17.7. The number of halogens is 2. The molecule has 6 heteroatoms. The number of rotatable bonds is 8. The van der Waals surface area contributed by atoms with Gasteiger partial charge in [-0.25, -0.2) is 4.98 Å². The SMILES string of the molecule is CCC(CC(=O)c1ccc(Cl)cc1Cl)C(CC)c1nc[nH]c1C=O. The highest BCUT2D eigenvalue weighted by atomic mass is 35.5. The van der Waals surface area contributed by atoms with Crippen LogP contribution >= 0.6 is 23.2 Å². The Bertz CT molecular complexity index is 728. The number of imidazole rings is 1. The summed E-state index contributed by atoms with van der Waals surface area (Å²) in [5.41, 5.74) is 1.69. The first-order valence-electron chi connectivity index (χ1n) is 7.98. The van der Waals surface area contributed by atoms with Crippen molar-refractivity contribution in [3.8, 4) is 0 Å². The molecule has 1 aromatic heterocycles. The third kappa shape index (κ3) is 4.05. The van der Waals surface area contributed by atoms with Crippen molar-refractivity contribution in [2.45, 2.75) is 39.0 Å². The molecular weight excluding hydrogens is 347 g/mol. The minimum atomic E-state index is -0.0230. The van der Waals surface area contributed by atoms with Gasteiger partial charge >= 0.3 is 0 Å². The fourth-order valence-corrected chi connectivity index (χ4v) is 3.60. The van der Waals surface area contributed by atoms with Crippen LogP contribution < -0.4 is 0 Å². The number of nitrogens with zero attached hydrogens (tertiary/aromatic N) is 1. The minimum Gasteiger partial charge on any atom is -0.342 e. The smallest absolute Gasteiger partial charge is 0.168 e. The molecule has 1 heterocycles. The van der Waals surface area contributed by atoms with Crippen molar-refractivity contribution in [3.63, 3.8) is 0 Å². The van der Waals surface area contributed by atoms with Crippen molar-refractivity contribution < 1.29 is 9.59 Å². The number of benzene rings is 1. The van der Waals surface area contributed by atoms with Crippen LogP contribution in [0.3, 0.4) is 0 Å². The molecule has 1 N–H and O–H groups in total. The maximum atomic E-state index is 12.7. The van der Waals surface area contributed by atoms with Gasteiger partial charge in [-0.1, -0.05) is 43.5 Å². The molecule has 2 atom stereocenters. The average molecular weight is 367 g/mol. The maximum absolute atomic E-state index is 12.7. The second-order valence-electron chi connectivity index (χ2n) is 5.75. The lowest BCUT2D eigenvalue weighted by Gasteiger charge is -2.24. The summed E-state index contributed by atoms with van der Waals surface area (Å²) in [4.78, 5) is 31.0. The van der Waals surface area contributed by atoms with E-state index in [4.69, 9.17) is 23.2 Å². The standard InChI is InChI=1S/C18H20Cl2N2O2/c1-3-11(13(4-2)18-16(9-23)21-10-22-18)7-17(24)14-6-5-12(19)8-15(14)20/h5-6,8-11,13H,3-4,7H2,1-2H3,(H,21,22). The summed E-state index contributed by atoms with van der Waals surface area (Å²) in [6.07, 6.45) is 4.25. The summed E-state index contributed by atoms with van der Waals surface area (Å²) < 4.78 is 0. The van der Waals surface area contributed by atoms with Gasteiger partial charge in [-0.15, -0.1) is 0 Å². The predicted molar refractivity (Wildman–Crippen MR) is 96.2 cm³/mol. The molecule has 0 aliphatic heterocycles. The normalized spacial score (nSPS) is 13.5. The van der Waals surface area contributed by atoms with Crippen LogP contribution in [0, 0.1) is 5.92 Å². The highest BCUT2D eigenvalue weighted by Gasteiger charge is 2.27. The Morgan fingerprint density at radius 1 is 1.29 bits per heavy atom. The van der Waals surface area contributed by atoms with Crippen LogP contribution in [0.25, 0.3) is 0 Å². The molecular formula is C18H20Cl2N2O2. The van der Waals surface area contributed by atoms with E-state index in [9.17, 15) is 9.59 Å². The molecule has 0 fully saturated rings. The van der Waals surface area contributed by atoms with Crippen molar-refractivity contribution in [2.24, 2.45) is 5.92 Å². The van der Waals surface area contributed by atoms with Crippen molar-refractivity contribution in [3.05, 3.63) is 51.5 Å². The second kappa shape index (κ2) is 8.45. The van der Waals surface area contributed by atoms with E-state index in [0.717, 1.165) is 24.8 Å². The fourth-order valence-electron chi connectivity index (χ4n) is 3.09. The first kappa shape index (κ1) is 18.7. The summed E-state index contributed by atoms with van der Waals surface area (Å²) in [5.74, 6) is 0.0953. The highest BCUT2D eigenvalue weighted by molar-refractivity contribution is 6.36. The summed E-state index contributed by atoms with van der Waals surface area (Å²) in [6, 6.07) is 4.90. The van der Waals surface area contributed by atoms with E-state index < -0.39 is 0 Å². The Morgan fingerprint density at radius 3 is 2.62 bits per heavy atom. The number of Topliss-reactive ketones (excluding diaryl/α,β-unsaturated/α-hetero) is 1.